The van der Waals surface area contributed by atoms with Crippen LogP contribution in [0.3, 0.4) is 0 Å². The van der Waals surface area contributed by atoms with Crippen molar-refractivity contribution in [3.05, 3.63) is 46.8 Å². The van der Waals surface area contributed by atoms with Gasteiger partial charge in [0.25, 0.3) is 0 Å². The fourth-order valence-electron chi connectivity index (χ4n) is 4.22. The number of benzene rings is 1. The molecule has 150 valence electrons. The molecular formula is C21H24F3N3O. The smallest absolute Gasteiger partial charge is 0.343 e. The van der Waals surface area contributed by atoms with Crippen LogP contribution in [0.1, 0.15) is 54.6 Å². The highest BCUT2D eigenvalue weighted by atomic mass is 19.4. The molecule has 0 unspecified atom stereocenters. The number of likely N-dealkylation sites (tertiary alicyclic amines) is 1. The van der Waals surface area contributed by atoms with Gasteiger partial charge in [0.2, 0.25) is 5.91 Å². The molecule has 7 heteroatoms. The van der Waals surface area contributed by atoms with Crippen LogP contribution in [0.15, 0.2) is 24.3 Å². The van der Waals surface area contributed by atoms with Crippen molar-refractivity contribution in [2.45, 2.75) is 57.5 Å². The Bertz CT molecular complexity index is 849. The Labute approximate surface area is 162 Å². The van der Waals surface area contributed by atoms with Crippen molar-refractivity contribution in [3.8, 4) is 5.69 Å². The first-order valence-electron chi connectivity index (χ1n) is 9.98. The Balaban J connectivity index is 1.51. The van der Waals surface area contributed by atoms with Crippen molar-refractivity contribution in [1.29, 1.82) is 0 Å². The van der Waals surface area contributed by atoms with Crippen LogP contribution in [0.5, 0.6) is 0 Å². The van der Waals surface area contributed by atoms with Crippen LogP contribution >= 0.6 is 0 Å². The van der Waals surface area contributed by atoms with E-state index in [1.165, 1.54) is 4.68 Å². The molecule has 4 nitrogen and oxygen atoms in total. The van der Waals surface area contributed by atoms with E-state index in [4.69, 9.17) is 0 Å². The molecule has 0 saturated carbocycles. The van der Waals surface area contributed by atoms with Gasteiger partial charge in [-0.1, -0.05) is 12.1 Å². The van der Waals surface area contributed by atoms with Gasteiger partial charge in [-0.3, -0.25) is 4.79 Å². The molecule has 28 heavy (non-hydrogen) atoms. The van der Waals surface area contributed by atoms with Gasteiger partial charge in [0.1, 0.15) is 0 Å². The first-order chi connectivity index (χ1) is 13.4. The minimum atomic E-state index is -4.43. The number of fused-ring (bicyclic) bond motifs is 1. The zero-order valence-electron chi connectivity index (χ0n) is 15.8. The molecule has 0 bridgehead atoms. The second-order valence-corrected chi connectivity index (χ2v) is 7.64. The third-order valence-electron chi connectivity index (χ3n) is 5.72. The van der Waals surface area contributed by atoms with Crippen LogP contribution in [-0.4, -0.2) is 33.7 Å². The molecule has 1 fully saturated rings. The van der Waals surface area contributed by atoms with E-state index in [-0.39, 0.29) is 5.91 Å². The predicted octanol–water partition coefficient (Wildman–Crippen LogP) is 4.32. The Kier molecular flexibility index (Phi) is 5.17. The number of nitrogens with zero attached hydrogens (tertiary/aromatic N) is 3. The second kappa shape index (κ2) is 7.60. The predicted molar refractivity (Wildman–Crippen MR) is 99.3 cm³/mol. The Morgan fingerprint density at radius 2 is 1.68 bits per heavy atom. The van der Waals surface area contributed by atoms with Crippen LogP contribution in [0.4, 0.5) is 13.2 Å². The number of rotatable bonds is 4. The molecule has 2 aliphatic rings. The van der Waals surface area contributed by atoms with E-state index >= 15 is 0 Å². The molecule has 0 N–H and O–H groups in total. The number of aryl methyl sites for hydroxylation is 1. The molecule has 1 aliphatic carbocycles. The largest absolute Gasteiger partial charge is 0.435 e. The molecule has 0 spiro atoms. The Morgan fingerprint density at radius 3 is 2.36 bits per heavy atom. The molecule has 2 aromatic rings. The lowest BCUT2D eigenvalue weighted by Gasteiger charge is -2.15. The van der Waals surface area contributed by atoms with Gasteiger partial charge in [-0.15, -0.1) is 0 Å². The molecule has 4 rings (SSSR count). The van der Waals surface area contributed by atoms with E-state index in [1.54, 1.807) is 12.1 Å². The van der Waals surface area contributed by atoms with Gasteiger partial charge in [0.15, 0.2) is 5.69 Å². The van der Waals surface area contributed by atoms with Gasteiger partial charge in [0.05, 0.1) is 5.69 Å². The summed E-state index contributed by atoms with van der Waals surface area (Å²) in [4.78, 5) is 14.1. The number of hydrogen-bond acceptors (Lipinski definition) is 2. The lowest BCUT2D eigenvalue weighted by Crippen LogP contribution is -2.27. The van der Waals surface area contributed by atoms with Gasteiger partial charge >= 0.3 is 6.18 Å². The zero-order chi connectivity index (χ0) is 19.7. The van der Waals surface area contributed by atoms with Crippen molar-refractivity contribution >= 4 is 5.91 Å². The van der Waals surface area contributed by atoms with Gasteiger partial charge in [-0.25, -0.2) is 4.68 Å². The molecule has 1 aliphatic heterocycles. The van der Waals surface area contributed by atoms with Gasteiger partial charge in [0, 0.05) is 30.8 Å². The summed E-state index contributed by atoms with van der Waals surface area (Å²) in [6.45, 7) is 1.70. The van der Waals surface area contributed by atoms with E-state index in [9.17, 15) is 18.0 Å². The molecular weight excluding hydrogens is 367 g/mol. The fourth-order valence-corrected chi connectivity index (χ4v) is 4.22. The fraction of sp³-hybridized carbons (Fsp3) is 0.524. The number of alkyl halides is 3. The van der Waals surface area contributed by atoms with Crippen molar-refractivity contribution in [3.63, 3.8) is 0 Å². The maximum absolute atomic E-state index is 13.4. The first kappa shape index (κ1) is 19.0. The minimum Gasteiger partial charge on any atom is -0.343 e. The highest BCUT2D eigenvalue weighted by Gasteiger charge is 2.39. The van der Waals surface area contributed by atoms with E-state index in [1.807, 2.05) is 17.0 Å². The van der Waals surface area contributed by atoms with Crippen molar-refractivity contribution in [2.24, 2.45) is 0 Å². The van der Waals surface area contributed by atoms with Gasteiger partial charge < -0.3 is 4.90 Å². The van der Waals surface area contributed by atoms with Crippen LogP contribution in [0.25, 0.3) is 5.69 Å². The second-order valence-electron chi connectivity index (χ2n) is 7.64. The minimum absolute atomic E-state index is 0.178. The summed E-state index contributed by atoms with van der Waals surface area (Å²) in [5.74, 6) is 0.178. The zero-order valence-corrected chi connectivity index (χ0v) is 15.8. The van der Waals surface area contributed by atoms with Crippen LogP contribution in [0.2, 0.25) is 0 Å². The van der Waals surface area contributed by atoms with E-state index in [2.05, 4.69) is 5.10 Å². The molecule has 1 saturated heterocycles. The number of halogens is 3. The van der Waals surface area contributed by atoms with Crippen molar-refractivity contribution in [1.82, 2.24) is 14.7 Å². The molecule has 0 radical (unpaired) electrons. The van der Waals surface area contributed by atoms with Crippen LogP contribution in [0, 0.1) is 0 Å². The number of carbonyl (C=O) groups excluding carboxylic acids is 1. The topological polar surface area (TPSA) is 38.1 Å². The monoisotopic (exact) mass is 391 g/mol. The summed E-state index contributed by atoms with van der Waals surface area (Å²) in [6, 6.07) is 7.38. The lowest BCUT2D eigenvalue weighted by molar-refractivity contribution is -0.142. The molecule has 0 atom stereocenters. The average molecular weight is 391 g/mol. The summed E-state index contributed by atoms with van der Waals surface area (Å²) < 4.78 is 41.5. The molecule has 1 aromatic carbocycles. The third-order valence-corrected chi connectivity index (χ3v) is 5.72. The standard InChI is InChI=1S/C21H24F3N3O/c22-21(23,24)20-17-5-1-2-6-18(17)27(25-20)16-10-7-15(8-11-16)9-12-19(28)26-13-3-4-14-26/h7-8,10-11H,1-6,9,12-14H2. The van der Waals surface area contributed by atoms with Crippen molar-refractivity contribution in [2.75, 3.05) is 13.1 Å². The molecule has 1 amide bonds. The molecule has 1 aromatic heterocycles. The average Bonchev–Trinajstić information content (AvgIpc) is 3.34. The maximum atomic E-state index is 13.4. The summed E-state index contributed by atoms with van der Waals surface area (Å²) >= 11 is 0. The highest BCUT2D eigenvalue weighted by molar-refractivity contribution is 5.76. The molecule has 2 heterocycles. The maximum Gasteiger partial charge on any atom is 0.435 e. The first-order valence-corrected chi connectivity index (χ1v) is 9.98. The summed E-state index contributed by atoms with van der Waals surface area (Å²) in [6.07, 6.45) is 1.53. The number of hydrogen-bond donors (Lipinski definition) is 0. The lowest BCUT2D eigenvalue weighted by atomic mass is 9.95. The number of amides is 1. The van der Waals surface area contributed by atoms with Gasteiger partial charge in [-0.05, 0) is 62.6 Å². The number of carbonyl (C=O) groups is 1. The van der Waals surface area contributed by atoms with E-state index in [0.717, 1.165) is 44.3 Å². The van der Waals surface area contributed by atoms with Crippen molar-refractivity contribution < 1.29 is 18.0 Å². The van der Waals surface area contributed by atoms with Crippen LogP contribution < -0.4 is 0 Å². The van der Waals surface area contributed by atoms with E-state index in [0.29, 0.717) is 42.6 Å². The summed E-state index contributed by atoms with van der Waals surface area (Å²) in [7, 11) is 0. The summed E-state index contributed by atoms with van der Waals surface area (Å²) in [5, 5.41) is 3.92. The van der Waals surface area contributed by atoms with E-state index < -0.39 is 11.9 Å². The third kappa shape index (κ3) is 3.80. The SMILES string of the molecule is O=C(CCc1ccc(-n2nc(C(F)(F)F)c3c2CCCC3)cc1)N1CCCC1. The highest BCUT2D eigenvalue weighted by Crippen LogP contribution is 2.36. The quantitative estimate of drug-likeness (QED) is 0.778. The Morgan fingerprint density at radius 1 is 1.00 bits per heavy atom. The van der Waals surface area contributed by atoms with Crippen LogP contribution in [-0.2, 0) is 30.2 Å². The van der Waals surface area contributed by atoms with Gasteiger partial charge in [-0.2, -0.15) is 18.3 Å². The Hall–Kier alpha value is -2.31. The normalized spacial score (nSPS) is 17.0. The number of aromatic nitrogens is 2. The summed E-state index contributed by atoms with van der Waals surface area (Å²) in [5.41, 5.74) is 1.92.